The summed E-state index contributed by atoms with van der Waals surface area (Å²) in [6.45, 7) is 4.51. The standard InChI is InChI=1S/C15H21F2NO2/c1-4-19-12-7-10(5-6-11(12)20-14(16)17)9-18-13-8-15(13,2)3/h5-7,13-14,18H,4,8-9H2,1-3H3. The predicted molar refractivity (Wildman–Crippen MR) is 73.3 cm³/mol. The van der Waals surface area contributed by atoms with Gasteiger partial charge in [-0.15, -0.1) is 0 Å². The molecule has 112 valence electrons. The van der Waals surface area contributed by atoms with E-state index in [-0.39, 0.29) is 5.75 Å². The van der Waals surface area contributed by atoms with Crippen molar-refractivity contribution in [1.29, 1.82) is 0 Å². The highest BCUT2D eigenvalue weighted by Gasteiger charge is 2.44. The Morgan fingerprint density at radius 2 is 2.05 bits per heavy atom. The zero-order chi connectivity index (χ0) is 14.8. The summed E-state index contributed by atoms with van der Waals surface area (Å²) in [7, 11) is 0. The first-order valence-electron chi connectivity index (χ1n) is 6.86. The Kier molecular flexibility index (Phi) is 4.48. The zero-order valence-electron chi connectivity index (χ0n) is 12.1. The number of rotatable bonds is 7. The van der Waals surface area contributed by atoms with Crippen LogP contribution in [0, 0.1) is 5.41 Å². The number of nitrogens with one attached hydrogen (secondary N) is 1. The summed E-state index contributed by atoms with van der Waals surface area (Å²) in [4.78, 5) is 0. The van der Waals surface area contributed by atoms with E-state index in [4.69, 9.17) is 4.74 Å². The Morgan fingerprint density at radius 1 is 1.35 bits per heavy atom. The fourth-order valence-electron chi connectivity index (χ4n) is 2.18. The Bertz CT molecular complexity index is 463. The molecule has 0 saturated heterocycles. The van der Waals surface area contributed by atoms with Gasteiger partial charge in [-0.05, 0) is 36.5 Å². The summed E-state index contributed by atoms with van der Waals surface area (Å²) in [5.74, 6) is 0.444. The van der Waals surface area contributed by atoms with Crippen molar-refractivity contribution in [2.75, 3.05) is 6.61 Å². The third-order valence-corrected chi connectivity index (χ3v) is 3.59. The average molecular weight is 285 g/mol. The molecule has 5 heteroatoms. The van der Waals surface area contributed by atoms with Crippen molar-refractivity contribution in [3.63, 3.8) is 0 Å². The second-order valence-electron chi connectivity index (χ2n) is 5.72. The lowest BCUT2D eigenvalue weighted by Crippen LogP contribution is -2.20. The molecule has 0 aliphatic heterocycles. The third-order valence-electron chi connectivity index (χ3n) is 3.59. The van der Waals surface area contributed by atoms with Crippen LogP contribution in [-0.4, -0.2) is 19.3 Å². The van der Waals surface area contributed by atoms with Crippen LogP contribution in [0.1, 0.15) is 32.8 Å². The molecule has 0 bridgehead atoms. The molecule has 0 spiro atoms. The Hall–Kier alpha value is -1.36. The van der Waals surface area contributed by atoms with Crippen LogP contribution in [0.4, 0.5) is 8.78 Å². The molecule has 1 aromatic rings. The quantitative estimate of drug-likeness (QED) is 0.830. The van der Waals surface area contributed by atoms with Crippen LogP contribution in [0.15, 0.2) is 18.2 Å². The van der Waals surface area contributed by atoms with E-state index in [2.05, 4.69) is 23.9 Å². The van der Waals surface area contributed by atoms with Gasteiger partial charge >= 0.3 is 6.61 Å². The number of halogens is 2. The van der Waals surface area contributed by atoms with Gasteiger partial charge < -0.3 is 14.8 Å². The number of ether oxygens (including phenoxy) is 2. The zero-order valence-corrected chi connectivity index (χ0v) is 12.1. The first kappa shape index (κ1) is 15.0. The van der Waals surface area contributed by atoms with E-state index < -0.39 is 6.61 Å². The van der Waals surface area contributed by atoms with Crippen LogP contribution >= 0.6 is 0 Å². The van der Waals surface area contributed by atoms with Crippen molar-refractivity contribution >= 4 is 0 Å². The van der Waals surface area contributed by atoms with Crippen molar-refractivity contribution < 1.29 is 18.3 Å². The van der Waals surface area contributed by atoms with Gasteiger partial charge in [0.25, 0.3) is 0 Å². The number of alkyl halides is 2. The monoisotopic (exact) mass is 285 g/mol. The maximum absolute atomic E-state index is 12.3. The van der Waals surface area contributed by atoms with E-state index >= 15 is 0 Å². The van der Waals surface area contributed by atoms with Gasteiger partial charge in [0.15, 0.2) is 11.5 Å². The van der Waals surface area contributed by atoms with E-state index in [1.165, 1.54) is 6.07 Å². The highest BCUT2D eigenvalue weighted by molar-refractivity contribution is 5.43. The molecule has 3 nitrogen and oxygen atoms in total. The lowest BCUT2D eigenvalue weighted by Gasteiger charge is -2.13. The van der Waals surface area contributed by atoms with Crippen LogP contribution < -0.4 is 14.8 Å². The minimum Gasteiger partial charge on any atom is -0.490 e. The summed E-state index contributed by atoms with van der Waals surface area (Å²) in [5, 5.41) is 3.45. The van der Waals surface area contributed by atoms with Gasteiger partial charge in [-0.1, -0.05) is 19.9 Å². The van der Waals surface area contributed by atoms with Crippen LogP contribution in [0.5, 0.6) is 11.5 Å². The summed E-state index contributed by atoms with van der Waals surface area (Å²) in [5.41, 5.74) is 1.36. The molecule has 1 unspecified atom stereocenters. The molecule has 0 radical (unpaired) electrons. The van der Waals surface area contributed by atoms with Gasteiger partial charge in [0.2, 0.25) is 0 Å². The maximum Gasteiger partial charge on any atom is 0.387 e. The second-order valence-corrected chi connectivity index (χ2v) is 5.72. The largest absolute Gasteiger partial charge is 0.490 e. The van der Waals surface area contributed by atoms with Crippen LogP contribution in [0.3, 0.4) is 0 Å². The fourth-order valence-corrected chi connectivity index (χ4v) is 2.18. The third kappa shape index (κ3) is 3.82. The molecule has 1 atom stereocenters. The minimum absolute atomic E-state index is 0.0809. The Balaban J connectivity index is 2.01. The van der Waals surface area contributed by atoms with Crippen LogP contribution in [0.25, 0.3) is 0 Å². The van der Waals surface area contributed by atoms with Crippen LogP contribution in [0.2, 0.25) is 0 Å². The predicted octanol–water partition coefficient (Wildman–Crippen LogP) is 3.57. The molecule has 1 aromatic carbocycles. The lowest BCUT2D eigenvalue weighted by molar-refractivity contribution is -0.0514. The van der Waals surface area contributed by atoms with Crippen LogP contribution in [-0.2, 0) is 6.54 Å². The first-order valence-corrected chi connectivity index (χ1v) is 6.86. The highest BCUT2D eigenvalue weighted by Crippen LogP contribution is 2.44. The summed E-state index contributed by atoms with van der Waals surface area (Å²) < 4.78 is 34.4. The highest BCUT2D eigenvalue weighted by atomic mass is 19.3. The van der Waals surface area contributed by atoms with Gasteiger partial charge in [-0.3, -0.25) is 0 Å². The van der Waals surface area contributed by atoms with Crippen molar-refractivity contribution in [1.82, 2.24) is 5.32 Å². The number of hydrogen-bond acceptors (Lipinski definition) is 3. The Morgan fingerprint density at radius 3 is 2.60 bits per heavy atom. The van der Waals surface area contributed by atoms with Crippen molar-refractivity contribution in [3.8, 4) is 11.5 Å². The molecule has 20 heavy (non-hydrogen) atoms. The molecule has 1 aliphatic carbocycles. The molecular weight excluding hydrogens is 264 g/mol. The molecule has 1 N–H and O–H groups in total. The molecule has 2 rings (SSSR count). The summed E-state index contributed by atoms with van der Waals surface area (Å²) in [6.07, 6.45) is 1.16. The normalized spacial score (nSPS) is 20.0. The van der Waals surface area contributed by atoms with Gasteiger partial charge in [0.05, 0.1) is 6.61 Å². The average Bonchev–Trinajstić information content (AvgIpc) is 2.97. The SMILES string of the molecule is CCOc1cc(CNC2CC2(C)C)ccc1OC(F)F. The molecule has 0 amide bonds. The van der Waals surface area contributed by atoms with Gasteiger partial charge in [-0.2, -0.15) is 8.78 Å². The second kappa shape index (κ2) is 5.95. The van der Waals surface area contributed by atoms with Gasteiger partial charge in [0.1, 0.15) is 0 Å². The number of hydrogen-bond donors (Lipinski definition) is 1. The molecular formula is C15H21F2NO2. The minimum atomic E-state index is -2.84. The number of benzene rings is 1. The molecule has 1 aliphatic rings. The lowest BCUT2D eigenvalue weighted by atomic mass is 10.1. The van der Waals surface area contributed by atoms with E-state index in [9.17, 15) is 8.78 Å². The van der Waals surface area contributed by atoms with Crippen molar-refractivity contribution in [2.24, 2.45) is 5.41 Å². The molecule has 0 aromatic heterocycles. The smallest absolute Gasteiger partial charge is 0.387 e. The Labute approximate surface area is 118 Å². The molecule has 1 saturated carbocycles. The van der Waals surface area contributed by atoms with Gasteiger partial charge in [-0.25, -0.2) is 0 Å². The van der Waals surface area contributed by atoms with E-state index in [1.807, 2.05) is 6.92 Å². The molecule has 0 heterocycles. The van der Waals surface area contributed by atoms with E-state index in [1.54, 1.807) is 12.1 Å². The van der Waals surface area contributed by atoms with Crippen molar-refractivity contribution in [3.05, 3.63) is 23.8 Å². The summed E-state index contributed by atoms with van der Waals surface area (Å²) >= 11 is 0. The van der Waals surface area contributed by atoms with E-state index in [0.29, 0.717) is 30.4 Å². The topological polar surface area (TPSA) is 30.5 Å². The fraction of sp³-hybridized carbons (Fsp3) is 0.600. The first-order chi connectivity index (χ1) is 9.42. The van der Waals surface area contributed by atoms with E-state index in [0.717, 1.165) is 12.0 Å². The van der Waals surface area contributed by atoms with Crippen molar-refractivity contribution in [2.45, 2.75) is 46.4 Å². The van der Waals surface area contributed by atoms with Gasteiger partial charge in [0, 0.05) is 12.6 Å². The molecule has 1 fully saturated rings. The maximum atomic E-state index is 12.3. The summed E-state index contributed by atoms with van der Waals surface area (Å²) in [6, 6.07) is 5.59.